The molecular weight excluding hydrogens is 600 g/mol. The maximum Gasteiger partial charge on any atom is 0.186 e. The molecule has 47 heavy (non-hydrogen) atoms. The van der Waals surface area contributed by atoms with Crippen LogP contribution in [0.4, 0.5) is 0 Å². The normalized spacial score (nSPS) is 23.8. The predicted octanol–water partition coefficient (Wildman–Crippen LogP) is 6.13. The van der Waals surface area contributed by atoms with Gasteiger partial charge in [0.1, 0.15) is 30.5 Å². The van der Waals surface area contributed by atoms with Crippen molar-refractivity contribution in [3.05, 3.63) is 12.2 Å². The zero-order valence-corrected chi connectivity index (χ0v) is 30.0. The van der Waals surface area contributed by atoms with Crippen molar-refractivity contribution < 1.29 is 44.9 Å². The highest BCUT2D eigenvalue weighted by molar-refractivity contribution is 5.86. The highest BCUT2D eigenvalue weighted by atomic mass is 16.7. The van der Waals surface area contributed by atoms with Crippen LogP contribution < -0.4 is 0 Å². The van der Waals surface area contributed by atoms with Crippen LogP contribution in [0.15, 0.2) is 12.2 Å². The molecule has 0 amide bonds. The minimum absolute atomic E-state index is 0.292. The maximum atomic E-state index is 13.4. The second kappa shape index (κ2) is 27.9. The number of ether oxygens (including phenoxy) is 2. The number of hydrogen-bond donors (Lipinski definition) is 6. The third kappa shape index (κ3) is 19.8. The van der Waals surface area contributed by atoms with Crippen LogP contribution in [0, 0.1) is 11.8 Å². The lowest BCUT2D eigenvalue weighted by Crippen LogP contribution is -2.59. The van der Waals surface area contributed by atoms with Gasteiger partial charge in [0.2, 0.25) is 0 Å². The lowest BCUT2D eigenvalue weighted by molar-refractivity contribution is -0.303. The van der Waals surface area contributed by atoms with Gasteiger partial charge in [0.25, 0.3) is 0 Å². The number of unbranched alkanes of at least 4 members (excludes halogenated alkanes) is 17. The second-order valence-corrected chi connectivity index (χ2v) is 14.2. The molecule has 9 nitrogen and oxygen atoms in total. The van der Waals surface area contributed by atoms with E-state index in [9.17, 15) is 35.4 Å². The van der Waals surface area contributed by atoms with Gasteiger partial charge in [-0.2, -0.15) is 0 Å². The third-order valence-corrected chi connectivity index (χ3v) is 9.46. The third-order valence-electron chi connectivity index (χ3n) is 9.46. The number of hydrogen-bond acceptors (Lipinski definition) is 9. The minimum Gasteiger partial charge on any atom is -0.394 e. The van der Waals surface area contributed by atoms with Crippen molar-refractivity contribution >= 4 is 5.78 Å². The Hall–Kier alpha value is -0.910. The lowest BCUT2D eigenvalue weighted by Gasteiger charge is -2.40. The number of Topliss-reactive ketones (excluding diaryl/α,β-unsaturated/α-hetero) is 1. The largest absolute Gasteiger partial charge is 0.394 e. The molecule has 1 aliphatic heterocycles. The van der Waals surface area contributed by atoms with Gasteiger partial charge >= 0.3 is 0 Å². The van der Waals surface area contributed by atoms with Crippen LogP contribution in [0.5, 0.6) is 0 Å². The SMILES string of the molecule is CCCCCCCCCCCCCC[C@@H](O)C(=O)[C@@H](CO[C@@H]1O[C@H](CO)[C@H](O)[C@H](O)[C@H]1O)[C@H](O)/C=C/CCCCCCCCC(C)C. The first-order valence-corrected chi connectivity index (χ1v) is 19.1. The van der Waals surface area contributed by atoms with Crippen molar-refractivity contribution in [3.8, 4) is 0 Å². The van der Waals surface area contributed by atoms with E-state index in [4.69, 9.17) is 9.47 Å². The summed E-state index contributed by atoms with van der Waals surface area (Å²) < 4.78 is 11.1. The second-order valence-electron chi connectivity index (χ2n) is 14.2. The van der Waals surface area contributed by atoms with E-state index in [1.165, 1.54) is 83.5 Å². The van der Waals surface area contributed by atoms with Crippen LogP contribution in [-0.2, 0) is 14.3 Å². The number of carbonyl (C=O) groups is 1. The quantitative estimate of drug-likeness (QED) is 0.0390. The Morgan fingerprint density at radius 1 is 0.723 bits per heavy atom. The van der Waals surface area contributed by atoms with Crippen LogP contribution in [0.1, 0.15) is 156 Å². The molecule has 0 radical (unpaired) electrons. The van der Waals surface area contributed by atoms with Gasteiger partial charge < -0.3 is 40.1 Å². The van der Waals surface area contributed by atoms with E-state index in [1.54, 1.807) is 6.08 Å². The Kier molecular flexibility index (Phi) is 26.1. The molecule has 1 aliphatic rings. The molecule has 278 valence electrons. The van der Waals surface area contributed by atoms with Gasteiger partial charge in [-0.3, -0.25) is 4.79 Å². The van der Waals surface area contributed by atoms with Gasteiger partial charge in [-0.15, -0.1) is 0 Å². The van der Waals surface area contributed by atoms with Crippen LogP contribution in [0.3, 0.4) is 0 Å². The first kappa shape index (κ1) is 44.1. The number of allylic oxidation sites excluding steroid dienone is 1. The fraction of sp³-hybridized carbons (Fsp3) is 0.921. The number of ketones is 1. The van der Waals surface area contributed by atoms with E-state index >= 15 is 0 Å². The van der Waals surface area contributed by atoms with Gasteiger partial charge in [0.05, 0.1) is 25.2 Å². The molecule has 0 aliphatic carbocycles. The highest BCUT2D eigenvalue weighted by Gasteiger charge is 2.44. The molecule has 0 saturated carbocycles. The number of aliphatic hydroxyl groups is 6. The molecule has 0 aromatic rings. The molecule has 1 fully saturated rings. The molecule has 8 atom stereocenters. The minimum atomic E-state index is -1.62. The van der Waals surface area contributed by atoms with E-state index in [1.807, 2.05) is 6.08 Å². The Labute approximate surface area is 286 Å². The smallest absolute Gasteiger partial charge is 0.186 e. The molecule has 0 bridgehead atoms. The van der Waals surface area contributed by atoms with E-state index in [2.05, 4.69) is 20.8 Å². The van der Waals surface area contributed by atoms with Gasteiger partial charge in [-0.05, 0) is 25.2 Å². The molecule has 1 saturated heterocycles. The van der Waals surface area contributed by atoms with Gasteiger partial charge in [0.15, 0.2) is 12.1 Å². The Balaban J connectivity index is 2.57. The molecule has 0 aromatic carbocycles. The van der Waals surface area contributed by atoms with Gasteiger partial charge in [0, 0.05) is 0 Å². The van der Waals surface area contributed by atoms with E-state index in [0.717, 1.165) is 44.4 Å². The van der Waals surface area contributed by atoms with Gasteiger partial charge in [-0.25, -0.2) is 0 Å². The van der Waals surface area contributed by atoms with E-state index < -0.39 is 61.2 Å². The van der Waals surface area contributed by atoms with Crippen molar-refractivity contribution in [2.24, 2.45) is 11.8 Å². The Bertz CT molecular complexity index is 774. The zero-order chi connectivity index (χ0) is 34.9. The molecule has 0 aromatic heterocycles. The summed E-state index contributed by atoms with van der Waals surface area (Å²) in [7, 11) is 0. The van der Waals surface area contributed by atoms with E-state index in [0.29, 0.717) is 12.8 Å². The summed E-state index contributed by atoms with van der Waals surface area (Å²) in [6.07, 6.45) is 17.1. The average molecular weight is 673 g/mol. The first-order valence-electron chi connectivity index (χ1n) is 19.1. The summed E-state index contributed by atoms with van der Waals surface area (Å²) in [4.78, 5) is 13.4. The highest BCUT2D eigenvalue weighted by Crippen LogP contribution is 2.24. The van der Waals surface area contributed by atoms with Crippen molar-refractivity contribution in [2.75, 3.05) is 13.2 Å². The zero-order valence-electron chi connectivity index (χ0n) is 30.0. The average Bonchev–Trinajstić information content (AvgIpc) is 3.05. The number of carbonyl (C=O) groups excluding carboxylic acids is 1. The van der Waals surface area contributed by atoms with Crippen LogP contribution >= 0.6 is 0 Å². The van der Waals surface area contributed by atoms with Crippen molar-refractivity contribution in [3.63, 3.8) is 0 Å². The summed E-state index contributed by atoms with van der Waals surface area (Å²) in [5, 5.41) is 61.8. The van der Waals surface area contributed by atoms with Crippen molar-refractivity contribution in [2.45, 2.75) is 199 Å². The number of aliphatic hydroxyl groups excluding tert-OH is 6. The first-order chi connectivity index (χ1) is 22.6. The monoisotopic (exact) mass is 673 g/mol. The molecule has 9 heteroatoms. The summed E-state index contributed by atoms with van der Waals surface area (Å²) in [5.74, 6) is -0.913. The van der Waals surface area contributed by atoms with Crippen LogP contribution in [0.2, 0.25) is 0 Å². The standard InChI is InChI=1S/C38H72O9/c1-4-5-6-7-8-9-10-11-12-17-20-23-26-32(41)34(42)30(28-46-38-37(45)36(44)35(43)33(27-39)47-38)31(40)25-22-19-16-14-13-15-18-21-24-29(2)3/h22,25,29-33,35-41,43-45H,4-21,23-24,26-28H2,1-3H3/b25-22+/t30-,31+,32+,33+,35-,36-,37+,38+/m0/s1. The summed E-state index contributed by atoms with van der Waals surface area (Å²) in [5.41, 5.74) is 0. The summed E-state index contributed by atoms with van der Waals surface area (Å²) in [6, 6.07) is 0. The van der Waals surface area contributed by atoms with Gasteiger partial charge in [-0.1, -0.05) is 148 Å². The maximum absolute atomic E-state index is 13.4. The molecule has 1 heterocycles. The van der Waals surface area contributed by atoms with Crippen LogP contribution in [0.25, 0.3) is 0 Å². The lowest BCUT2D eigenvalue weighted by atomic mass is 9.91. The Morgan fingerprint density at radius 3 is 1.77 bits per heavy atom. The molecule has 1 rings (SSSR count). The fourth-order valence-electron chi connectivity index (χ4n) is 6.21. The predicted molar refractivity (Wildman–Crippen MR) is 187 cm³/mol. The fourth-order valence-corrected chi connectivity index (χ4v) is 6.21. The summed E-state index contributed by atoms with van der Waals surface area (Å²) in [6.45, 7) is 5.76. The van der Waals surface area contributed by atoms with Crippen LogP contribution in [-0.4, -0.2) is 92.5 Å². The topological polar surface area (TPSA) is 157 Å². The summed E-state index contributed by atoms with van der Waals surface area (Å²) >= 11 is 0. The molecule has 0 unspecified atom stereocenters. The molecular formula is C38H72O9. The van der Waals surface area contributed by atoms with Crippen molar-refractivity contribution in [1.82, 2.24) is 0 Å². The van der Waals surface area contributed by atoms with Crippen molar-refractivity contribution in [1.29, 1.82) is 0 Å². The molecule has 0 spiro atoms. The number of rotatable bonds is 30. The van der Waals surface area contributed by atoms with E-state index in [-0.39, 0.29) is 6.61 Å². The Morgan fingerprint density at radius 2 is 1.23 bits per heavy atom. The molecule has 6 N–H and O–H groups in total.